The standard InChI is InChI=1S/C55H55N7O2S3/c1-42-26-32-49(33-27-42)61-52(58(4)47-22-14-8-15-23-47)53(59(5)48-24-16-9-17-25-48)62(50-34-28-43(2)29-35-50)55(57-46-20-12-7-13-21-46)66-41-39-60(67(63,64)51-36-30-44(3)31-37-51)38-40-65-54(61)56-45-18-10-6-11-19-45/h6-37H,38-41H2,1-5H3/b53-52-,56-54?,57-55?. The van der Waals surface area contributed by atoms with Gasteiger partial charge in [-0.2, -0.15) is 4.31 Å². The van der Waals surface area contributed by atoms with E-state index in [0.29, 0.717) is 21.8 Å². The van der Waals surface area contributed by atoms with E-state index in [9.17, 15) is 8.42 Å². The van der Waals surface area contributed by atoms with Gasteiger partial charge in [0.15, 0.2) is 22.0 Å². The average molecular weight is 942 g/mol. The summed E-state index contributed by atoms with van der Waals surface area (Å²) in [6, 6.07) is 64.7. The molecule has 340 valence electrons. The molecule has 7 aromatic rings. The maximum absolute atomic E-state index is 14.8. The van der Waals surface area contributed by atoms with Gasteiger partial charge in [0, 0.05) is 61.4 Å². The van der Waals surface area contributed by atoms with E-state index in [1.165, 1.54) is 23.5 Å². The SMILES string of the molecule is Cc1ccc(N2C(=Nc3ccccc3)SCCN(S(=O)(=O)c3ccc(C)cc3)CCSC(=Nc3ccccc3)N(c3ccc(C)cc3)/C(N(C)c3ccccc3)=C\2N(C)c2ccccc2)cc1. The third-order valence-corrected chi connectivity index (χ3v) is 15.0. The van der Waals surface area contributed by atoms with Gasteiger partial charge in [-0.05, 0) is 106 Å². The lowest BCUT2D eigenvalue weighted by molar-refractivity contribution is 0.450. The number of aryl methyl sites for hydroxylation is 3. The Morgan fingerprint density at radius 2 is 0.776 bits per heavy atom. The normalized spacial score (nSPS) is 16.9. The fraction of sp³-hybridized carbons (Fsp3) is 0.164. The van der Waals surface area contributed by atoms with Crippen molar-refractivity contribution < 1.29 is 8.42 Å². The number of nitrogens with zero attached hydrogens (tertiary/aromatic N) is 7. The van der Waals surface area contributed by atoms with Crippen LogP contribution in [0.5, 0.6) is 0 Å². The highest BCUT2D eigenvalue weighted by Crippen LogP contribution is 2.39. The van der Waals surface area contributed by atoms with Gasteiger partial charge in [0.05, 0.1) is 16.3 Å². The number of benzene rings is 7. The summed E-state index contributed by atoms with van der Waals surface area (Å²) in [5, 5.41) is 1.30. The molecule has 1 heterocycles. The monoisotopic (exact) mass is 941 g/mol. The molecule has 0 saturated heterocycles. The van der Waals surface area contributed by atoms with Gasteiger partial charge in [0.2, 0.25) is 10.0 Å². The van der Waals surface area contributed by atoms with Crippen molar-refractivity contribution in [2.45, 2.75) is 25.7 Å². The fourth-order valence-electron chi connectivity index (χ4n) is 7.59. The van der Waals surface area contributed by atoms with Crippen molar-refractivity contribution in [3.8, 4) is 0 Å². The fourth-order valence-corrected chi connectivity index (χ4v) is 11.2. The van der Waals surface area contributed by atoms with Gasteiger partial charge in [-0.25, -0.2) is 18.4 Å². The molecule has 0 aliphatic carbocycles. The van der Waals surface area contributed by atoms with E-state index in [4.69, 9.17) is 9.98 Å². The molecule has 0 fully saturated rings. The van der Waals surface area contributed by atoms with E-state index in [-0.39, 0.29) is 18.0 Å². The number of thioether (sulfide) groups is 2. The van der Waals surface area contributed by atoms with Crippen LogP contribution in [-0.4, -0.2) is 61.7 Å². The predicted molar refractivity (Wildman–Crippen MR) is 286 cm³/mol. The molecule has 0 bridgehead atoms. The number of aliphatic imine (C=N–C) groups is 2. The summed E-state index contributed by atoms with van der Waals surface area (Å²) in [6.07, 6.45) is 0. The van der Waals surface area contributed by atoms with E-state index in [1.807, 2.05) is 91.9 Å². The van der Waals surface area contributed by atoms with Gasteiger partial charge in [-0.15, -0.1) is 0 Å². The minimum Gasteiger partial charge on any atom is -0.327 e. The first-order chi connectivity index (χ1) is 32.6. The molecule has 0 spiro atoms. The largest absolute Gasteiger partial charge is 0.327 e. The average Bonchev–Trinajstić information content (AvgIpc) is 3.36. The molecule has 0 atom stereocenters. The summed E-state index contributed by atoms with van der Waals surface area (Å²) in [5.41, 5.74) is 8.33. The number of hydrogen-bond acceptors (Lipinski definition) is 8. The molecule has 8 rings (SSSR count). The van der Waals surface area contributed by atoms with Crippen LogP contribution in [0, 0.1) is 20.8 Å². The van der Waals surface area contributed by atoms with Gasteiger partial charge in [0.25, 0.3) is 0 Å². The Morgan fingerprint density at radius 3 is 1.13 bits per heavy atom. The zero-order chi connectivity index (χ0) is 46.8. The van der Waals surface area contributed by atoms with E-state index < -0.39 is 10.0 Å². The van der Waals surface area contributed by atoms with E-state index >= 15 is 0 Å². The summed E-state index contributed by atoms with van der Waals surface area (Å²) >= 11 is 3.05. The van der Waals surface area contributed by atoms with Crippen molar-refractivity contribution in [2.24, 2.45) is 9.98 Å². The minimum absolute atomic E-state index is 0.230. The second-order valence-corrected chi connectivity index (χ2v) is 20.2. The summed E-state index contributed by atoms with van der Waals surface area (Å²) in [5.74, 6) is 2.36. The maximum atomic E-state index is 14.8. The van der Waals surface area contributed by atoms with Crippen LogP contribution in [0.2, 0.25) is 0 Å². The summed E-state index contributed by atoms with van der Waals surface area (Å²) in [6.45, 7) is 6.60. The zero-order valence-electron chi connectivity index (χ0n) is 38.5. The van der Waals surface area contributed by atoms with Crippen LogP contribution in [0.1, 0.15) is 16.7 Å². The molecule has 0 N–H and O–H groups in total. The Kier molecular flexibility index (Phi) is 15.3. The van der Waals surface area contributed by atoms with Gasteiger partial charge in [-0.1, -0.05) is 149 Å². The van der Waals surface area contributed by atoms with Crippen molar-refractivity contribution in [1.29, 1.82) is 0 Å². The van der Waals surface area contributed by atoms with Crippen molar-refractivity contribution >= 4 is 78.0 Å². The molecule has 0 amide bonds. The van der Waals surface area contributed by atoms with Crippen LogP contribution in [-0.2, 0) is 10.0 Å². The first-order valence-corrected chi connectivity index (χ1v) is 25.6. The number of hydrogen-bond donors (Lipinski definition) is 0. The van der Waals surface area contributed by atoms with Crippen LogP contribution < -0.4 is 19.6 Å². The van der Waals surface area contributed by atoms with Gasteiger partial charge in [-0.3, -0.25) is 9.80 Å². The molecule has 9 nitrogen and oxygen atoms in total. The van der Waals surface area contributed by atoms with Crippen LogP contribution in [0.15, 0.2) is 221 Å². The molecule has 0 saturated carbocycles. The number of sulfonamides is 1. The molecule has 7 aromatic carbocycles. The second-order valence-electron chi connectivity index (χ2n) is 16.2. The quantitative estimate of drug-likeness (QED) is 0.134. The molecule has 67 heavy (non-hydrogen) atoms. The highest BCUT2D eigenvalue weighted by Gasteiger charge is 2.36. The molecule has 0 aromatic heterocycles. The Hall–Kier alpha value is -6.57. The molecule has 1 aliphatic rings. The molecule has 0 unspecified atom stereocenters. The van der Waals surface area contributed by atoms with Gasteiger partial charge < -0.3 is 9.80 Å². The smallest absolute Gasteiger partial charge is 0.243 e. The van der Waals surface area contributed by atoms with Gasteiger partial charge >= 0.3 is 0 Å². The number of para-hydroxylation sites is 4. The number of anilines is 4. The summed E-state index contributed by atoms with van der Waals surface area (Å²) in [4.78, 5) is 20.1. The topological polar surface area (TPSA) is 75.1 Å². The summed E-state index contributed by atoms with van der Waals surface area (Å²) < 4.78 is 31.1. The van der Waals surface area contributed by atoms with Crippen LogP contribution in [0.3, 0.4) is 0 Å². The van der Waals surface area contributed by atoms with E-state index in [1.54, 1.807) is 16.4 Å². The number of amidine groups is 2. The van der Waals surface area contributed by atoms with Crippen LogP contribution >= 0.6 is 23.5 Å². The highest BCUT2D eigenvalue weighted by atomic mass is 32.2. The molecular weight excluding hydrogens is 887 g/mol. The number of rotatable bonds is 10. The molecule has 12 heteroatoms. The Bertz CT molecular complexity index is 2750. The highest BCUT2D eigenvalue weighted by molar-refractivity contribution is 8.14. The van der Waals surface area contributed by atoms with Crippen molar-refractivity contribution in [3.05, 3.63) is 222 Å². The third-order valence-electron chi connectivity index (χ3n) is 11.3. The van der Waals surface area contributed by atoms with Gasteiger partial charge in [0.1, 0.15) is 0 Å². The second kappa shape index (κ2) is 21.8. The lowest BCUT2D eigenvalue weighted by Crippen LogP contribution is -2.46. The molecule has 1 aliphatic heterocycles. The zero-order valence-corrected chi connectivity index (χ0v) is 40.9. The molecular formula is C55H55N7O2S3. The predicted octanol–water partition coefficient (Wildman–Crippen LogP) is 12.9. The van der Waals surface area contributed by atoms with Crippen LogP contribution in [0.25, 0.3) is 0 Å². The van der Waals surface area contributed by atoms with Crippen molar-refractivity contribution in [3.63, 3.8) is 0 Å². The maximum Gasteiger partial charge on any atom is 0.243 e. The Labute approximate surface area is 404 Å². The Morgan fingerprint density at radius 1 is 0.448 bits per heavy atom. The third kappa shape index (κ3) is 11.3. The lowest BCUT2D eigenvalue weighted by atomic mass is 10.2. The first-order valence-electron chi connectivity index (χ1n) is 22.2. The van der Waals surface area contributed by atoms with E-state index in [0.717, 1.165) is 62.5 Å². The first kappa shape index (κ1) is 46.9. The van der Waals surface area contributed by atoms with Crippen molar-refractivity contribution in [1.82, 2.24) is 4.31 Å². The minimum atomic E-state index is -3.92. The van der Waals surface area contributed by atoms with E-state index in [2.05, 4.69) is 145 Å². The van der Waals surface area contributed by atoms with Crippen LogP contribution in [0.4, 0.5) is 34.1 Å². The molecule has 0 radical (unpaired) electrons. The van der Waals surface area contributed by atoms with Crippen molar-refractivity contribution in [2.75, 3.05) is 58.3 Å². The lowest BCUT2D eigenvalue weighted by Gasteiger charge is -2.42. The Balaban J connectivity index is 1.51. The summed E-state index contributed by atoms with van der Waals surface area (Å²) in [7, 11) is 0.273.